The van der Waals surface area contributed by atoms with Gasteiger partial charge in [-0.3, -0.25) is 9.69 Å². The van der Waals surface area contributed by atoms with Crippen molar-refractivity contribution < 1.29 is 9.18 Å². The first-order valence-corrected chi connectivity index (χ1v) is 9.88. The van der Waals surface area contributed by atoms with Gasteiger partial charge in [0.15, 0.2) is 0 Å². The SMILES string of the molecule is N#CC(c1ccccc1)N1CCN(C(=O)C2(c3cccc(F)c3)CCC2)CC1. The van der Waals surface area contributed by atoms with E-state index in [1.807, 2.05) is 41.3 Å². The number of piperazine rings is 1. The molecule has 0 N–H and O–H groups in total. The molecule has 0 spiro atoms. The molecule has 1 saturated heterocycles. The number of nitriles is 1. The fourth-order valence-corrected chi connectivity index (χ4v) is 4.43. The Morgan fingerprint density at radius 3 is 2.32 bits per heavy atom. The van der Waals surface area contributed by atoms with Crippen LogP contribution in [0.25, 0.3) is 0 Å². The molecule has 1 amide bonds. The monoisotopic (exact) mass is 377 g/mol. The second-order valence-electron chi connectivity index (χ2n) is 7.72. The molecule has 1 saturated carbocycles. The predicted octanol–water partition coefficient (Wildman–Crippen LogP) is 3.66. The lowest BCUT2D eigenvalue weighted by Gasteiger charge is -2.46. The first-order chi connectivity index (χ1) is 13.6. The summed E-state index contributed by atoms with van der Waals surface area (Å²) in [6.07, 6.45) is 2.55. The highest BCUT2D eigenvalue weighted by molar-refractivity contribution is 5.89. The molecule has 2 aliphatic rings. The van der Waals surface area contributed by atoms with Crippen LogP contribution < -0.4 is 0 Å². The van der Waals surface area contributed by atoms with E-state index in [9.17, 15) is 14.4 Å². The highest BCUT2D eigenvalue weighted by Crippen LogP contribution is 2.45. The molecule has 2 aromatic rings. The summed E-state index contributed by atoms with van der Waals surface area (Å²) in [6.45, 7) is 2.53. The minimum atomic E-state index is -0.571. The minimum absolute atomic E-state index is 0.109. The van der Waals surface area contributed by atoms with E-state index in [2.05, 4.69) is 11.0 Å². The molecule has 2 fully saturated rings. The lowest BCUT2D eigenvalue weighted by Crippen LogP contribution is -2.57. The van der Waals surface area contributed by atoms with Gasteiger partial charge in [-0.25, -0.2) is 4.39 Å². The number of rotatable bonds is 4. The maximum absolute atomic E-state index is 13.7. The van der Waals surface area contributed by atoms with Crippen LogP contribution in [0.4, 0.5) is 4.39 Å². The highest BCUT2D eigenvalue weighted by Gasteiger charge is 2.48. The molecule has 28 heavy (non-hydrogen) atoms. The van der Waals surface area contributed by atoms with Crippen molar-refractivity contribution in [2.45, 2.75) is 30.7 Å². The lowest BCUT2D eigenvalue weighted by molar-refractivity contribution is -0.143. The van der Waals surface area contributed by atoms with Gasteiger partial charge in [0.1, 0.15) is 11.9 Å². The van der Waals surface area contributed by atoms with Gasteiger partial charge in [-0.05, 0) is 36.1 Å². The van der Waals surface area contributed by atoms with E-state index in [-0.39, 0.29) is 17.8 Å². The molecule has 144 valence electrons. The first kappa shape index (κ1) is 18.6. The maximum Gasteiger partial charge on any atom is 0.233 e. The van der Waals surface area contributed by atoms with E-state index in [4.69, 9.17) is 0 Å². The topological polar surface area (TPSA) is 47.3 Å². The van der Waals surface area contributed by atoms with Gasteiger partial charge >= 0.3 is 0 Å². The number of hydrogen-bond donors (Lipinski definition) is 0. The normalized spacial score (nSPS) is 20.1. The van der Waals surface area contributed by atoms with Crippen molar-refractivity contribution in [3.63, 3.8) is 0 Å². The molecule has 0 radical (unpaired) electrons. The Morgan fingerprint density at radius 1 is 1.04 bits per heavy atom. The van der Waals surface area contributed by atoms with Crippen LogP contribution in [-0.4, -0.2) is 41.9 Å². The second kappa shape index (κ2) is 7.73. The Kier molecular flexibility index (Phi) is 5.15. The molecule has 1 heterocycles. The van der Waals surface area contributed by atoms with Gasteiger partial charge in [-0.1, -0.05) is 48.9 Å². The number of nitrogens with zero attached hydrogens (tertiary/aromatic N) is 3. The summed E-state index contributed by atoms with van der Waals surface area (Å²) in [5, 5.41) is 9.65. The van der Waals surface area contributed by atoms with E-state index in [1.165, 1.54) is 12.1 Å². The fraction of sp³-hybridized carbons (Fsp3) is 0.391. The summed E-state index contributed by atoms with van der Waals surface area (Å²) < 4.78 is 13.7. The van der Waals surface area contributed by atoms with Gasteiger partial charge in [0.2, 0.25) is 5.91 Å². The van der Waals surface area contributed by atoms with Gasteiger partial charge < -0.3 is 4.90 Å². The Bertz CT molecular complexity index is 880. The summed E-state index contributed by atoms with van der Waals surface area (Å²) in [4.78, 5) is 17.4. The molecule has 0 aromatic heterocycles. The Morgan fingerprint density at radius 2 is 1.75 bits per heavy atom. The summed E-state index contributed by atoms with van der Waals surface area (Å²) in [6, 6.07) is 18.4. The van der Waals surface area contributed by atoms with Gasteiger partial charge in [-0.15, -0.1) is 0 Å². The van der Waals surface area contributed by atoms with Gasteiger partial charge in [0.25, 0.3) is 0 Å². The number of carbonyl (C=O) groups is 1. The van der Waals surface area contributed by atoms with Gasteiger partial charge in [0.05, 0.1) is 11.5 Å². The van der Waals surface area contributed by atoms with Crippen molar-refractivity contribution in [3.05, 3.63) is 71.5 Å². The smallest absolute Gasteiger partial charge is 0.233 e. The summed E-state index contributed by atoms with van der Waals surface area (Å²) >= 11 is 0. The zero-order valence-electron chi connectivity index (χ0n) is 15.9. The van der Waals surface area contributed by atoms with E-state index in [1.54, 1.807) is 6.07 Å². The van der Waals surface area contributed by atoms with Crippen LogP contribution in [-0.2, 0) is 10.2 Å². The third kappa shape index (κ3) is 3.29. The Hall–Kier alpha value is -2.71. The third-order valence-corrected chi connectivity index (χ3v) is 6.20. The van der Waals surface area contributed by atoms with Crippen molar-refractivity contribution in [3.8, 4) is 6.07 Å². The minimum Gasteiger partial charge on any atom is -0.339 e. The van der Waals surface area contributed by atoms with Gasteiger partial charge in [-0.2, -0.15) is 5.26 Å². The molecule has 0 bridgehead atoms. The van der Waals surface area contributed by atoms with Crippen molar-refractivity contribution in [1.29, 1.82) is 5.26 Å². The molecule has 1 atom stereocenters. The van der Waals surface area contributed by atoms with Crippen LogP contribution in [0.5, 0.6) is 0 Å². The van der Waals surface area contributed by atoms with Crippen LogP contribution in [0.15, 0.2) is 54.6 Å². The molecule has 1 aliphatic heterocycles. The molecule has 1 aliphatic carbocycles. The Balaban J connectivity index is 1.46. The molecule has 5 heteroatoms. The van der Waals surface area contributed by atoms with Gasteiger partial charge in [0, 0.05) is 26.2 Å². The van der Waals surface area contributed by atoms with Crippen molar-refractivity contribution in [2.75, 3.05) is 26.2 Å². The van der Waals surface area contributed by atoms with E-state index in [0.717, 1.165) is 30.4 Å². The van der Waals surface area contributed by atoms with E-state index >= 15 is 0 Å². The summed E-state index contributed by atoms with van der Waals surface area (Å²) in [5.74, 6) is -0.182. The highest BCUT2D eigenvalue weighted by atomic mass is 19.1. The molecule has 2 aromatic carbocycles. The first-order valence-electron chi connectivity index (χ1n) is 9.88. The average Bonchev–Trinajstić information content (AvgIpc) is 2.69. The van der Waals surface area contributed by atoms with E-state index in [0.29, 0.717) is 26.2 Å². The molecule has 1 unspecified atom stereocenters. The number of amides is 1. The number of hydrogen-bond acceptors (Lipinski definition) is 3. The van der Waals surface area contributed by atoms with Crippen LogP contribution in [0.1, 0.15) is 36.4 Å². The summed E-state index contributed by atoms with van der Waals surface area (Å²) in [7, 11) is 0. The lowest BCUT2D eigenvalue weighted by atomic mass is 9.63. The van der Waals surface area contributed by atoms with Crippen LogP contribution >= 0.6 is 0 Å². The average molecular weight is 377 g/mol. The zero-order chi connectivity index (χ0) is 19.6. The quantitative estimate of drug-likeness (QED) is 0.817. The number of benzene rings is 2. The predicted molar refractivity (Wildman–Crippen MR) is 105 cm³/mol. The van der Waals surface area contributed by atoms with Crippen molar-refractivity contribution >= 4 is 5.91 Å². The third-order valence-electron chi connectivity index (χ3n) is 6.20. The van der Waals surface area contributed by atoms with Crippen molar-refractivity contribution in [2.24, 2.45) is 0 Å². The van der Waals surface area contributed by atoms with Crippen LogP contribution in [0, 0.1) is 17.1 Å². The standard InChI is InChI=1S/C23H24FN3O/c24-20-9-4-8-19(16-20)23(10-5-11-23)22(28)27-14-12-26(13-15-27)21(17-25)18-6-2-1-3-7-18/h1-4,6-9,16,21H,5,10-15H2. The van der Waals surface area contributed by atoms with Crippen LogP contribution in [0.2, 0.25) is 0 Å². The molecular weight excluding hydrogens is 353 g/mol. The molecule has 4 nitrogen and oxygen atoms in total. The summed E-state index contributed by atoms with van der Waals surface area (Å²) in [5.41, 5.74) is 1.21. The zero-order valence-corrected chi connectivity index (χ0v) is 15.9. The maximum atomic E-state index is 13.7. The van der Waals surface area contributed by atoms with E-state index < -0.39 is 5.41 Å². The second-order valence-corrected chi connectivity index (χ2v) is 7.72. The largest absolute Gasteiger partial charge is 0.339 e. The Labute approximate surface area is 165 Å². The van der Waals surface area contributed by atoms with Crippen molar-refractivity contribution in [1.82, 2.24) is 9.80 Å². The fourth-order valence-electron chi connectivity index (χ4n) is 4.43. The number of halogens is 1. The van der Waals surface area contributed by atoms with Crippen LogP contribution in [0.3, 0.4) is 0 Å². The molecular formula is C23H24FN3O. The number of carbonyl (C=O) groups excluding carboxylic acids is 1. The molecule has 4 rings (SSSR count).